The smallest absolute Gasteiger partial charge is 0.388 e. The molecule has 4 aromatic carbocycles. The highest BCUT2D eigenvalue weighted by Crippen LogP contribution is 2.64. The second kappa shape index (κ2) is 19.8. The van der Waals surface area contributed by atoms with E-state index < -0.39 is 37.6 Å². The molecule has 0 aliphatic rings. The van der Waals surface area contributed by atoms with Crippen LogP contribution in [0.2, 0.25) is 0 Å². The summed E-state index contributed by atoms with van der Waals surface area (Å²) in [6.45, 7) is 2.11. The van der Waals surface area contributed by atoms with Crippen LogP contribution in [0, 0.1) is 0 Å². The third kappa shape index (κ3) is 11.4. The molecule has 0 radical (unpaired) electrons. The summed E-state index contributed by atoms with van der Waals surface area (Å²) in [7, 11) is -5.10. The molecule has 0 spiro atoms. The third-order valence-corrected chi connectivity index (χ3v) is 9.91. The largest absolute Gasteiger partial charge is 0.401 e. The molecule has 0 unspecified atom stereocenters. The van der Waals surface area contributed by atoms with Crippen LogP contribution in [0.15, 0.2) is 121 Å². The zero-order valence-electron chi connectivity index (χ0n) is 27.9. The first kappa shape index (κ1) is 38.5. The van der Waals surface area contributed by atoms with E-state index in [0.717, 1.165) is 11.1 Å². The monoisotopic (exact) mass is 697 g/mol. The van der Waals surface area contributed by atoms with Crippen molar-refractivity contribution in [2.45, 2.75) is 70.2 Å². The average Bonchev–Trinajstić information content (AvgIpc) is 3.12. The highest BCUT2D eigenvalue weighted by atomic mass is 31.2. The number of benzene rings is 4. The second-order valence-electron chi connectivity index (χ2n) is 11.4. The first-order valence-electron chi connectivity index (χ1n) is 16.4. The molecule has 4 rings (SSSR count). The molecule has 0 amide bonds. The molecule has 0 fully saturated rings. The van der Waals surface area contributed by atoms with Crippen LogP contribution in [0.3, 0.4) is 0 Å². The number of halogens is 2. The molecular formula is C38H46F2NO7P. The van der Waals surface area contributed by atoms with Gasteiger partial charge in [0.15, 0.2) is 0 Å². The van der Waals surface area contributed by atoms with Gasteiger partial charge in [-0.1, -0.05) is 121 Å². The molecule has 0 aliphatic carbocycles. The zero-order chi connectivity index (χ0) is 35.0. The van der Waals surface area contributed by atoms with E-state index in [0.29, 0.717) is 11.1 Å². The average molecular weight is 698 g/mol. The van der Waals surface area contributed by atoms with Gasteiger partial charge < -0.3 is 33.7 Å². The van der Waals surface area contributed by atoms with E-state index in [1.807, 2.05) is 84.9 Å². The van der Waals surface area contributed by atoms with E-state index >= 15 is 8.78 Å². The fraction of sp³-hybridized carbons (Fsp3) is 0.368. The minimum absolute atomic E-state index is 0.0298. The Morgan fingerprint density at radius 3 is 1.51 bits per heavy atom. The van der Waals surface area contributed by atoms with Crippen LogP contribution in [0.4, 0.5) is 8.78 Å². The number of hydrogen-bond donors (Lipinski definition) is 2. The summed E-state index contributed by atoms with van der Waals surface area (Å²) >= 11 is 0. The summed E-state index contributed by atoms with van der Waals surface area (Å²) in [6, 6.07) is 34.5. The molecule has 4 atom stereocenters. The fourth-order valence-corrected chi connectivity index (χ4v) is 6.96. The van der Waals surface area contributed by atoms with Crippen LogP contribution < -0.4 is 5.32 Å². The quantitative estimate of drug-likeness (QED) is 0.0806. The number of aliphatic hydroxyl groups is 1. The van der Waals surface area contributed by atoms with Gasteiger partial charge in [0.2, 0.25) is 0 Å². The first-order chi connectivity index (χ1) is 23.8. The van der Waals surface area contributed by atoms with Crippen molar-refractivity contribution in [2.75, 3.05) is 19.8 Å². The second-order valence-corrected chi connectivity index (χ2v) is 13.5. The minimum Gasteiger partial charge on any atom is -0.388 e. The number of ether oxygens (including phenoxy) is 3. The van der Waals surface area contributed by atoms with Gasteiger partial charge >= 0.3 is 13.3 Å². The number of rotatable bonds is 22. The van der Waals surface area contributed by atoms with Crippen LogP contribution >= 0.6 is 7.60 Å². The van der Waals surface area contributed by atoms with Crippen LogP contribution in [-0.2, 0) is 54.2 Å². The van der Waals surface area contributed by atoms with Gasteiger partial charge in [0.25, 0.3) is 0 Å². The van der Waals surface area contributed by atoms with Crippen molar-refractivity contribution in [3.8, 4) is 0 Å². The zero-order valence-corrected chi connectivity index (χ0v) is 28.8. The van der Waals surface area contributed by atoms with Gasteiger partial charge in [-0.25, -0.2) is 0 Å². The molecule has 0 aromatic heterocycles. The van der Waals surface area contributed by atoms with Crippen molar-refractivity contribution in [2.24, 2.45) is 0 Å². The Morgan fingerprint density at radius 1 is 0.653 bits per heavy atom. The summed E-state index contributed by atoms with van der Waals surface area (Å²) in [6.07, 6.45) is -4.42. The summed E-state index contributed by atoms with van der Waals surface area (Å²) in [5, 5.41) is 14.6. The Morgan fingerprint density at radius 2 is 1.06 bits per heavy atom. The molecule has 0 heterocycles. The lowest BCUT2D eigenvalue weighted by molar-refractivity contribution is -0.175. The molecule has 0 saturated carbocycles. The van der Waals surface area contributed by atoms with Crippen LogP contribution in [0.5, 0.6) is 0 Å². The Hall–Kier alpha value is -3.31. The maximum Gasteiger partial charge on any atom is 0.401 e. The third-order valence-electron chi connectivity index (χ3n) is 7.71. The van der Waals surface area contributed by atoms with E-state index in [1.54, 1.807) is 36.4 Å². The Labute approximate surface area is 287 Å². The van der Waals surface area contributed by atoms with Gasteiger partial charge in [-0.15, -0.1) is 0 Å². The maximum atomic E-state index is 17.0. The van der Waals surface area contributed by atoms with Crippen molar-refractivity contribution in [1.82, 2.24) is 5.32 Å². The van der Waals surface area contributed by atoms with Gasteiger partial charge in [-0.05, 0) is 36.1 Å². The van der Waals surface area contributed by atoms with Gasteiger partial charge in [-0.3, -0.25) is 4.57 Å². The molecule has 0 aliphatic heterocycles. The lowest BCUT2D eigenvalue weighted by Crippen LogP contribution is -2.60. The van der Waals surface area contributed by atoms with Gasteiger partial charge in [0.05, 0.1) is 39.6 Å². The van der Waals surface area contributed by atoms with E-state index in [1.165, 1.54) is 13.8 Å². The number of alkyl halides is 2. The van der Waals surface area contributed by atoms with E-state index in [4.69, 9.17) is 23.3 Å². The molecule has 0 saturated heterocycles. The fourth-order valence-electron chi connectivity index (χ4n) is 5.29. The maximum absolute atomic E-state index is 17.0. The summed E-state index contributed by atoms with van der Waals surface area (Å²) in [5.74, 6) is 0. The molecule has 0 bridgehead atoms. The van der Waals surface area contributed by atoms with E-state index in [2.05, 4.69) is 5.32 Å². The van der Waals surface area contributed by atoms with Crippen LogP contribution in [0.1, 0.15) is 36.1 Å². The predicted octanol–water partition coefficient (Wildman–Crippen LogP) is 7.75. The molecule has 264 valence electrons. The lowest BCUT2D eigenvalue weighted by Gasteiger charge is -2.41. The molecule has 2 N–H and O–H groups in total. The standard InChI is InChI=1S/C38H46F2NO7P/c1-3-47-49(43,48-4-2)38(39,40)37(41-25-30-17-9-5-10-18-30)36(46-28-33-23-15-8-16-24-33)35(45-27-32-21-13-7-14-22-32)34(42)29-44-26-31-19-11-6-12-20-31/h5-24,34-37,41-42H,3-4,25-29H2,1-2H3/t34-,35+,36-,37-/m0/s1. The molecule has 49 heavy (non-hydrogen) atoms. The number of hydrogen-bond acceptors (Lipinski definition) is 8. The Kier molecular flexibility index (Phi) is 15.5. The highest BCUT2D eigenvalue weighted by molar-refractivity contribution is 7.55. The SMILES string of the molecule is CCOP(=O)(OCC)C(F)(F)[C@@H](NCc1ccccc1)[C@@H](OCc1ccccc1)[C@H](OCc1ccccc1)[C@@H](O)COCc1ccccc1. The first-order valence-corrected chi connectivity index (χ1v) is 18.0. The van der Waals surface area contributed by atoms with Crippen molar-refractivity contribution in [3.05, 3.63) is 144 Å². The summed E-state index contributed by atoms with van der Waals surface area (Å²) < 4.78 is 77.0. The van der Waals surface area contributed by atoms with Crippen molar-refractivity contribution in [1.29, 1.82) is 0 Å². The van der Waals surface area contributed by atoms with Crippen molar-refractivity contribution >= 4 is 7.60 Å². The molecule has 11 heteroatoms. The normalized spacial score (nSPS) is 14.6. The van der Waals surface area contributed by atoms with Gasteiger partial charge in [0, 0.05) is 6.54 Å². The molecular weight excluding hydrogens is 651 g/mol. The van der Waals surface area contributed by atoms with Crippen LogP contribution in [-0.4, -0.2) is 54.9 Å². The lowest BCUT2D eigenvalue weighted by atomic mass is 9.99. The van der Waals surface area contributed by atoms with E-state index in [-0.39, 0.29) is 46.2 Å². The molecule has 4 aromatic rings. The van der Waals surface area contributed by atoms with E-state index in [9.17, 15) is 9.67 Å². The summed E-state index contributed by atoms with van der Waals surface area (Å²) in [5.41, 5.74) is -1.12. The van der Waals surface area contributed by atoms with Gasteiger partial charge in [0.1, 0.15) is 24.4 Å². The van der Waals surface area contributed by atoms with Crippen LogP contribution in [0.25, 0.3) is 0 Å². The van der Waals surface area contributed by atoms with Gasteiger partial charge in [-0.2, -0.15) is 8.78 Å². The predicted molar refractivity (Wildman–Crippen MR) is 185 cm³/mol. The number of aliphatic hydroxyl groups excluding tert-OH is 1. The van der Waals surface area contributed by atoms with Crippen molar-refractivity contribution in [3.63, 3.8) is 0 Å². The topological polar surface area (TPSA) is 95.5 Å². The minimum atomic E-state index is -5.10. The van der Waals surface area contributed by atoms with Crippen molar-refractivity contribution < 1.29 is 41.7 Å². The highest BCUT2D eigenvalue weighted by Gasteiger charge is 2.62. The number of nitrogens with one attached hydrogen (secondary N) is 1. The Balaban J connectivity index is 1.76. The summed E-state index contributed by atoms with van der Waals surface area (Å²) in [4.78, 5) is 0. The molecule has 8 nitrogen and oxygen atoms in total. The Bertz CT molecular complexity index is 1510.